The number of nitrogens with zero attached hydrogens (tertiary/aromatic N) is 3. The van der Waals surface area contributed by atoms with E-state index in [-0.39, 0.29) is 6.03 Å². The van der Waals surface area contributed by atoms with Crippen molar-refractivity contribution in [3.8, 4) is 0 Å². The third-order valence-corrected chi connectivity index (χ3v) is 4.80. The number of urea groups is 1. The summed E-state index contributed by atoms with van der Waals surface area (Å²) >= 11 is 0. The zero-order valence-corrected chi connectivity index (χ0v) is 14.4. The Labute approximate surface area is 134 Å². The smallest absolute Gasteiger partial charge is 0.317 e. The van der Waals surface area contributed by atoms with Gasteiger partial charge < -0.3 is 14.8 Å². The molecule has 2 heterocycles. The summed E-state index contributed by atoms with van der Waals surface area (Å²) in [7, 11) is 0. The van der Waals surface area contributed by atoms with Gasteiger partial charge in [-0.1, -0.05) is 20.8 Å². The van der Waals surface area contributed by atoms with Crippen LogP contribution < -0.4 is 5.32 Å². The molecule has 2 rings (SSSR count). The van der Waals surface area contributed by atoms with Crippen molar-refractivity contribution in [3.05, 3.63) is 18.2 Å². The average Bonchev–Trinajstić information content (AvgIpc) is 2.90. The van der Waals surface area contributed by atoms with Gasteiger partial charge in [0.25, 0.3) is 0 Å². The Morgan fingerprint density at radius 1 is 1.36 bits per heavy atom. The zero-order chi connectivity index (χ0) is 16.1. The van der Waals surface area contributed by atoms with E-state index < -0.39 is 0 Å². The summed E-state index contributed by atoms with van der Waals surface area (Å²) in [5.41, 5.74) is 0. The van der Waals surface area contributed by atoms with Crippen LogP contribution in [-0.2, 0) is 6.54 Å². The molecule has 0 aromatic carbocycles. The van der Waals surface area contributed by atoms with Crippen molar-refractivity contribution < 1.29 is 4.79 Å². The highest BCUT2D eigenvalue weighted by atomic mass is 16.2. The molecular weight excluding hydrogens is 276 g/mol. The molecule has 1 aliphatic heterocycles. The molecule has 1 saturated heterocycles. The molecule has 22 heavy (non-hydrogen) atoms. The maximum Gasteiger partial charge on any atom is 0.317 e. The number of imidazole rings is 1. The number of aryl methyl sites for hydroxylation is 1. The third kappa shape index (κ3) is 4.49. The number of hydrogen-bond acceptors (Lipinski definition) is 2. The molecule has 1 fully saturated rings. The summed E-state index contributed by atoms with van der Waals surface area (Å²) in [6.07, 6.45) is 6.08. The molecule has 1 unspecified atom stereocenters. The highest BCUT2D eigenvalue weighted by Crippen LogP contribution is 2.24. The second kappa shape index (κ2) is 7.65. The Kier molecular flexibility index (Phi) is 5.86. The van der Waals surface area contributed by atoms with Gasteiger partial charge in [0.15, 0.2) is 0 Å². The molecule has 5 nitrogen and oxygen atoms in total. The lowest BCUT2D eigenvalue weighted by atomic mass is 9.87. The maximum absolute atomic E-state index is 12.2. The molecule has 1 aromatic rings. The Morgan fingerprint density at radius 2 is 2.05 bits per heavy atom. The van der Waals surface area contributed by atoms with E-state index in [0.717, 1.165) is 50.1 Å². The second-order valence-electron chi connectivity index (χ2n) is 6.99. The number of amides is 2. The number of piperidine rings is 1. The van der Waals surface area contributed by atoms with Gasteiger partial charge in [0.2, 0.25) is 0 Å². The fourth-order valence-electron chi connectivity index (χ4n) is 3.14. The molecule has 0 bridgehead atoms. The quantitative estimate of drug-likeness (QED) is 0.909. The predicted molar refractivity (Wildman–Crippen MR) is 88.7 cm³/mol. The van der Waals surface area contributed by atoms with Crippen LogP contribution in [0.1, 0.15) is 39.4 Å². The van der Waals surface area contributed by atoms with Crippen LogP contribution in [0, 0.1) is 24.7 Å². The Hall–Kier alpha value is -1.52. The van der Waals surface area contributed by atoms with Crippen LogP contribution in [0.2, 0.25) is 0 Å². The van der Waals surface area contributed by atoms with E-state index in [2.05, 4.69) is 35.6 Å². The molecule has 1 aromatic heterocycles. The van der Waals surface area contributed by atoms with E-state index in [0.29, 0.717) is 12.5 Å². The standard InChI is InChI=1S/C17H30N4O/c1-13(2)16-5-8-20(9-6-16)17(22)19-11-14(3)12-21-10-7-18-15(21)4/h7,10,13-14,16H,5-6,8-9,11-12H2,1-4H3,(H,19,22). The fraction of sp³-hybridized carbons (Fsp3) is 0.765. The third-order valence-electron chi connectivity index (χ3n) is 4.80. The lowest BCUT2D eigenvalue weighted by Gasteiger charge is -2.34. The van der Waals surface area contributed by atoms with Crippen LogP contribution in [-0.4, -0.2) is 40.1 Å². The summed E-state index contributed by atoms with van der Waals surface area (Å²) in [5, 5.41) is 3.08. The van der Waals surface area contributed by atoms with Gasteiger partial charge in [-0.15, -0.1) is 0 Å². The highest BCUT2D eigenvalue weighted by molar-refractivity contribution is 5.74. The van der Waals surface area contributed by atoms with Crippen LogP contribution in [0.4, 0.5) is 4.79 Å². The van der Waals surface area contributed by atoms with Gasteiger partial charge in [-0.3, -0.25) is 0 Å². The Morgan fingerprint density at radius 3 is 2.59 bits per heavy atom. The normalized spacial score (nSPS) is 17.8. The summed E-state index contributed by atoms with van der Waals surface area (Å²) in [5.74, 6) is 2.91. The second-order valence-corrected chi connectivity index (χ2v) is 6.99. The monoisotopic (exact) mass is 306 g/mol. The van der Waals surface area contributed by atoms with E-state index in [1.54, 1.807) is 0 Å². The van der Waals surface area contributed by atoms with Crippen LogP contribution in [0.25, 0.3) is 0 Å². The molecule has 2 amide bonds. The molecule has 0 saturated carbocycles. The number of hydrogen-bond donors (Lipinski definition) is 1. The highest BCUT2D eigenvalue weighted by Gasteiger charge is 2.24. The molecule has 0 aliphatic carbocycles. The predicted octanol–water partition coefficient (Wildman–Crippen LogP) is 2.91. The van der Waals surface area contributed by atoms with Crippen LogP contribution >= 0.6 is 0 Å². The first kappa shape index (κ1) is 16.8. The number of carbonyl (C=O) groups excluding carboxylic acids is 1. The summed E-state index contributed by atoms with van der Waals surface area (Å²) < 4.78 is 2.13. The Bertz CT molecular complexity index is 475. The first-order chi connectivity index (χ1) is 10.5. The zero-order valence-electron chi connectivity index (χ0n) is 14.4. The van der Waals surface area contributed by atoms with Crippen molar-refractivity contribution >= 4 is 6.03 Å². The van der Waals surface area contributed by atoms with E-state index in [9.17, 15) is 4.79 Å². The molecule has 0 spiro atoms. The number of rotatable bonds is 5. The minimum Gasteiger partial charge on any atom is -0.338 e. The minimum atomic E-state index is 0.0939. The van der Waals surface area contributed by atoms with Crippen LogP contribution in [0.3, 0.4) is 0 Å². The fourth-order valence-corrected chi connectivity index (χ4v) is 3.14. The van der Waals surface area contributed by atoms with Crippen molar-refractivity contribution in [2.45, 2.75) is 47.1 Å². The Balaban J connectivity index is 1.70. The van der Waals surface area contributed by atoms with Gasteiger partial charge in [0, 0.05) is 38.6 Å². The van der Waals surface area contributed by atoms with Crippen LogP contribution in [0.15, 0.2) is 12.4 Å². The number of nitrogens with one attached hydrogen (secondary N) is 1. The lowest BCUT2D eigenvalue weighted by molar-refractivity contribution is 0.155. The van der Waals surface area contributed by atoms with Gasteiger partial charge in [0.05, 0.1) is 0 Å². The van der Waals surface area contributed by atoms with Crippen molar-refractivity contribution in [1.29, 1.82) is 0 Å². The van der Waals surface area contributed by atoms with E-state index in [1.807, 2.05) is 24.2 Å². The molecule has 1 atom stereocenters. The SMILES string of the molecule is Cc1nccn1CC(C)CNC(=O)N1CCC(C(C)C)CC1. The van der Waals surface area contributed by atoms with Crippen LogP contribution in [0.5, 0.6) is 0 Å². The summed E-state index contributed by atoms with van der Waals surface area (Å²) in [6, 6.07) is 0.0939. The first-order valence-corrected chi connectivity index (χ1v) is 8.48. The molecule has 5 heteroatoms. The van der Waals surface area contributed by atoms with E-state index in [1.165, 1.54) is 0 Å². The minimum absolute atomic E-state index is 0.0939. The van der Waals surface area contributed by atoms with Gasteiger partial charge in [0.1, 0.15) is 5.82 Å². The number of aromatic nitrogens is 2. The lowest BCUT2D eigenvalue weighted by Crippen LogP contribution is -2.46. The largest absolute Gasteiger partial charge is 0.338 e. The number of likely N-dealkylation sites (tertiary alicyclic amines) is 1. The maximum atomic E-state index is 12.2. The average molecular weight is 306 g/mol. The van der Waals surface area contributed by atoms with E-state index in [4.69, 9.17) is 0 Å². The summed E-state index contributed by atoms with van der Waals surface area (Å²) in [4.78, 5) is 18.4. The van der Waals surface area contributed by atoms with Gasteiger partial charge in [-0.05, 0) is 37.5 Å². The topological polar surface area (TPSA) is 50.2 Å². The van der Waals surface area contributed by atoms with Crippen molar-refractivity contribution in [2.75, 3.05) is 19.6 Å². The molecule has 1 aliphatic rings. The molecule has 1 N–H and O–H groups in total. The van der Waals surface area contributed by atoms with Crippen molar-refractivity contribution in [3.63, 3.8) is 0 Å². The van der Waals surface area contributed by atoms with Crippen molar-refractivity contribution in [2.24, 2.45) is 17.8 Å². The molecular formula is C17H30N4O. The summed E-state index contributed by atoms with van der Waals surface area (Å²) in [6.45, 7) is 12.1. The van der Waals surface area contributed by atoms with Gasteiger partial charge in [-0.2, -0.15) is 0 Å². The van der Waals surface area contributed by atoms with Crippen molar-refractivity contribution in [1.82, 2.24) is 19.8 Å². The van der Waals surface area contributed by atoms with E-state index >= 15 is 0 Å². The molecule has 124 valence electrons. The first-order valence-electron chi connectivity index (χ1n) is 8.48. The molecule has 0 radical (unpaired) electrons. The van der Waals surface area contributed by atoms with Gasteiger partial charge >= 0.3 is 6.03 Å². The van der Waals surface area contributed by atoms with Gasteiger partial charge in [-0.25, -0.2) is 9.78 Å². The number of carbonyl (C=O) groups is 1.